The predicted molar refractivity (Wildman–Crippen MR) is 58.5 cm³/mol. The van der Waals surface area contributed by atoms with E-state index in [1.165, 1.54) is 6.42 Å². The zero-order valence-electron chi connectivity index (χ0n) is 8.93. The van der Waals surface area contributed by atoms with Crippen LogP contribution in [0.25, 0.3) is 0 Å². The third-order valence-electron chi connectivity index (χ3n) is 1.01. The van der Waals surface area contributed by atoms with Gasteiger partial charge in [-0.3, -0.25) is 0 Å². The van der Waals surface area contributed by atoms with Crippen LogP contribution in [0.1, 0.15) is 33.6 Å². The van der Waals surface area contributed by atoms with Gasteiger partial charge in [-0.25, -0.2) is 0 Å². The number of allylic oxidation sites excluding steroid dienone is 4. The van der Waals surface area contributed by atoms with Gasteiger partial charge in [0.25, 0.3) is 0 Å². The number of rotatable bonds is 1. The molecule has 0 heterocycles. The summed E-state index contributed by atoms with van der Waals surface area (Å²) in [6, 6.07) is 0. The van der Waals surface area contributed by atoms with Crippen molar-refractivity contribution >= 4 is 0 Å². The molecule has 1 aliphatic carbocycles. The van der Waals surface area contributed by atoms with Gasteiger partial charge in [0.2, 0.25) is 0 Å². The molecule has 0 aliphatic heterocycles. The largest absolute Gasteiger partial charge is 0.320 e. The molecule has 0 atom stereocenters. The van der Waals surface area contributed by atoms with Gasteiger partial charge in [-0.05, 0) is 20.0 Å². The molecular formula is C11H23N. The molecule has 0 amide bonds. The minimum atomic E-state index is 1.07. The van der Waals surface area contributed by atoms with Crippen molar-refractivity contribution in [1.82, 2.24) is 5.32 Å². The van der Waals surface area contributed by atoms with Crippen molar-refractivity contribution in [3.05, 3.63) is 24.3 Å². The Hall–Kier alpha value is -0.560. The molecule has 12 heavy (non-hydrogen) atoms. The fourth-order valence-electron chi connectivity index (χ4n) is 0.393. The second-order valence-electron chi connectivity index (χ2n) is 2.51. The van der Waals surface area contributed by atoms with Crippen LogP contribution in [0.15, 0.2) is 24.3 Å². The quantitative estimate of drug-likeness (QED) is 0.636. The molecule has 0 saturated carbocycles. The predicted octanol–water partition coefficient (Wildman–Crippen LogP) is 3.14. The zero-order valence-corrected chi connectivity index (χ0v) is 8.93. The molecule has 0 saturated heterocycles. The average molecular weight is 169 g/mol. The van der Waals surface area contributed by atoms with E-state index in [4.69, 9.17) is 0 Å². The van der Waals surface area contributed by atoms with Crippen molar-refractivity contribution in [2.75, 3.05) is 13.6 Å². The Kier molecular flexibility index (Phi) is 19.6. The van der Waals surface area contributed by atoms with Gasteiger partial charge >= 0.3 is 0 Å². The Morgan fingerprint density at radius 1 is 1.08 bits per heavy atom. The van der Waals surface area contributed by atoms with E-state index >= 15 is 0 Å². The van der Waals surface area contributed by atoms with Crippen LogP contribution in [-0.4, -0.2) is 13.6 Å². The lowest BCUT2D eigenvalue weighted by atomic mass is 10.5. The van der Waals surface area contributed by atoms with Gasteiger partial charge in [-0.1, -0.05) is 51.5 Å². The molecule has 0 fully saturated rings. The molecule has 0 bridgehead atoms. The van der Waals surface area contributed by atoms with Crippen LogP contribution in [0.5, 0.6) is 0 Å². The monoisotopic (exact) mass is 169 g/mol. The van der Waals surface area contributed by atoms with Gasteiger partial charge in [-0.2, -0.15) is 0 Å². The van der Waals surface area contributed by atoms with Crippen LogP contribution in [0, 0.1) is 0 Å². The molecule has 72 valence electrons. The molecule has 0 radical (unpaired) electrons. The Morgan fingerprint density at radius 3 is 1.50 bits per heavy atom. The molecule has 0 aromatic carbocycles. The number of hydrogen-bond acceptors (Lipinski definition) is 1. The van der Waals surface area contributed by atoms with Gasteiger partial charge in [0.05, 0.1) is 0 Å². The van der Waals surface area contributed by atoms with Gasteiger partial charge < -0.3 is 5.32 Å². The molecule has 1 N–H and O–H groups in total. The van der Waals surface area contributed by atoms with Gasteiger partial charge in [0.1, 0.15) is 0 Å². The van der Waals surface area contributed by atoms with E-state index in [1.54, 1.807) is 0 Å². The van der Waals surface area contributed by atoms with Crippen LogP contribution in [0.4, 0.5) is 0 Å². The van der Waals surface area contributed by atoms with Gasteiger partial charge in [-0.15, -0.1) is 0 Å². The summed E-state index contributed by atoms with van der Waals surface area (Å²) >= 11 is 0. The van der Waals surface area contributed by atoms with Crippen LogP contribution < -0.4 is 5.32 Å². The smallest absolute Gasteiger partial charge is 0.00804 e. The molecule has 0 spiro atoms. The summed E-state index contributed by atoms with van der Waals surface area (Å²) < 4.78 is 0. The van der Waals surface area contributed by atoms with Crippen molar-refractivity contribution < 1.29 is 0 Å². The third-order valence-corrected chi connectivity index (χ3v) is 1.01. The maximum Gasteiger partial charge on any atom is -0.00804 e. The maximum absolute atomic E-state index is 2.93. The highest BCUT2D eigenvalue weighted by molar-refractivity contribution is 5.11. The first kappa shape index (κ1) is 14.0. The standard InChI is InChI=1S/C5H6.C3H9N.C3H8/c1-2-4-5-3-1;1-3-4-2;1-3-2/h1-4H,5H2;4H,3H2,1-2H3;3H2,1-2H3. The summed E-state index contributed by atoms with van der Waals surface area (Å²) in [5, 5.41) is 2.93. The minimum Gasteiger partial charge on any atom is -0.320 e. The Morgan fingerprint density at radius 2 is 1.42 bits per heavy atom. The van der Waals surface area contributed by atoms with Crippen molar-refractivity contribution in [2.24, 2.45) is 0 Å². The van der Waals surface area contributed by atoms with Crippen molar-refractivity contribution in [2.45, 2.75) is 33.6 Å². The lowest BCUT2D eigenvalue weighted by Crippen LogP contribution is -2.01. The van der Waals surface area contributed by atoms with Crippen molar-refractivity contribution in [3.8, 4) is 0 Å². The second kappa shape index (κ2) is 16.8. The highest BCUT2D eigenvalue weighted by Gasteiger charge is 1.72. The average Bonchev–Trinajstić information content (AvgIpc) is 2.62. The van der Waals surface area contributed by atoms with E-state index in [0.29, 0.717) is 0 Å². The fraction of sp³-hybridized carbons (Fsp3) is 0.636. The number of nitrogens with one attached hydrogen (secondary N) is 1. The van der Waals surface area contributed by atoms with E-state index in [0.717, 1.165) is 13.0 Å². The molecule has 0 unspecified atom stereocenters. The summed E-state index contributed by atoms with van der Waals surface area (Å²) in [4.78, 5) is 0. The van der Waals surface area contributed by atoms with Crippen LogP contribution >= 0.6 is 0 Å². The first-order valence-corrected chi connectivity index (χ1v) is 4.79. The van der Waals surface area contributed by atoms with Crippen LogP contribution in [0.2, 0.25) is 0 Å². The molecule has 1 nitrogen and oxygen atoms in total. The van der Waals surface area contributed by atoms with E-state index < -0.39 is 0 Å². The SMILES string of the molecule is C1=CCC=C1.CCC.CCNC. The number of hydrogen-bond donors (Lipinski definition) is 1. The molecule has 1 heteroatoms. The Balaban J connectivity index is 0. The van der Waals surface area contributed by atoms with E-state index in [9.17, 15) is 0 Å². The van der Waals surface area contributed by atoms with E-state index in [1.807, 2.05) is 7.05 Å². The highest BCUT2D eigenvalue weighted by atomic mass is 14.8. The van der Waals surface area contributed by atoms with E-state index in [-0.39, 0.29) is 0 Å². The topological polar surface area (TPSA) is 12.0 Å². The lowest BCUT2D eigenvalue weighted by molar-refractivity contribution is 0.864. The summed E-state index contributed by atoms with van der Waals surface area (Å²) in [7, 11) is 1.93. The van der Waals surface area contributed by atoms with Crippen molar-refractivity contribution in [1.29, 1.82) is 0 Å². The summed E-state index contributed by atoms with van der Waals surface area (Å²) in [6.07, 6.45) is 10.8. The summed E-state index contributed by atoms with van der Waals surface area (Å²) in [5.41, 5.74) is 0. The van der Waals surface area contributed by atoms with Crippen LogP contribution in [-0.2, 0) is 0 Å². The lowest BCUT2D eigenvalue weighted by Gasteiger charge is -1.76. The van der Waals surface area contributed by atoms with Crippen molar-refractivity contribution in [3.63, 3.8) is 0 Å². The Labute approximate surface area is 77.6 Å². The van der Waals surface area contributed by atoms with Gasteiger partial charge in [0, 0.05) is 0 Å². The molecule has 1 rings (SSSR count). The first-order chi connectivity index (χ1) is 5.83. The normalized spacial score (nSPS) is 11.3. The maximum atomic E-state index is 2.93. The highest BCUT2D eigenvalue weighted by Crippen LogP contribution is 1.93. The van der Waals surface area contributed by atoms with Crippen LogP contribution in [0.3, 0.4) is 0 Å². The molecular weight excluding hydrogens is 146 g/mol. The molecule has 0 aromatic heterocycles. The summed E-state index contributed by atoms with van der Waals surface area (Å²) in [5.74, 6) is 0. The fourth-order valence-corrected chi connectivity index (χ4v) is 0.393. The second-order valence-corrected chi connectivity index (χ2v) is 2.51. The molecule has 0 aromatic rings. The summed E-state index contributed by atoms with van der Waals surface area (Å²) in [6.45, 7) is 7.39. The van der Waals surface area contributed by atoms with E-state index in [2.05, 4.69) is 50.4 Å². The third kappa shape index (κ3) is 22.7. The first-order valence-electron chi connectivity index (χ1n) is 4.79. The Bertz CT molecular complexity index is 91.6. The minimum absolute atomic E-state index is 1.07. The zero-order chi connectivity index (χ0) is 9.66. The molecule has 1 aliphatic rings. The van der Waals surface area contributed by atoms with Gasteiger partial charge in [0.15, 0.2) is 0 Å².